The first-order chi connectivity index (χ1) is 6.84. The topological polar surface area (TPSA) is 54.7 Å². The van der Waals surface area contributed by atoms with Gasteiger partial charge in [-0.1, -0.05) is 30.3 Å². The van der Waals surface area contributed by atoms with Crippen LogP contribution in [0.3, 0.4) is 0 Å². The fraction of sp³-hybridized carbons (Fsp3) is 0.182. The fourth-order valence-corrected chi connectivity index (χ4v) is 1.41. The fourth-order valence-electron chi connectivity index (χ4n) is 1.41. The van der Waals surface area contributed by atoms with Crippen LogP contribution in [-0.4, -0.2) is 9.97 Å². The summed E-state index contributed by atoms with van der Waals surface area (Å²) in [6.07, 6.45) is 3.55. The largest absolute Gasteiger partial charge is 0.384 e. The molecule has 2 rings (SSSR count). The summed E-state index contributed by atoms with van der Waals surface area (Å²) in [6.45, 7) is 0. The molecule has 14 heavy (non-hydrogen) atoms. The quantitative estimate of drug-likeness (QED) is 0.769. The molecule has 3 N–H and O–H groups in total. The van der Waals surface area contributed by atoms with E-state index in [-0.39, 0.29) is 0 Å². The Morgan fingerprint density at radius 3 is 2.57 bits per heavy atom. The van der Waals surface area contributed by atoms with Crippen LogP contribution < -0.4 is 5.73 Å². The molecule has 0 unspecified atom stereocenters. The van der Waals surface area contributed by atoms with Gasteiger partial charge < -0.3 is 10.7 Å². The van der Waals surface area contributed by atoms with E-state index in [9.17, 15) is 0 Å². The highest BCUT2D eigenvalue weighted by Crippen LogP contribution is 2.05. The zero-order valence-electron chi connectivity index (χ0n) is 7.90. The molecule has 0 fully saturated rings. The lowest BCUT2D eigenvalue weighted by molar-refractivity contribution is 0.885. The van der Waals surface area contributed by atoms with E-state index in [1.807, 2.05) is 18.2 Å². The molecule has 0 aliphatic rings. The Hall–Kier alpha value is -1.77. The number of nitrogens with one attached hydrogen (secondary N) is 1. The van der Waals surface area contributed by atoms with Gasteiger partial charge in [-0.25, -0.2) is 4.98 Å². The summed E-state index contributed by atoms with van der Waals surface area (Å²) in [7, 11) is 0. The van der Waals surface area contributed by atoms with Crippen LogP contribution in [0.2, 0.25) is 0 Å². The summed E-state index contributed by atoms with van der Waals surface area (Å²) in [5, 5.41) is 0. The highest BCUT2D eigenvalue weighted by molar-refractivity contribution is 5.25. The van der Waals surface area contributed by atoms with Crippen LogP contribution in [0.1, 0.15) is 11.4 Å². The molecule has 0 spiro atoms. The monoisotopic (exact) mass is 187 g/mol. The van der Waals surface area contributed by atoms with E-state index < -0.39 is 0 Å². The molecule has 0 atom stereocenters. The van der Waals surface area contributed by atoms with Gasteiger partial charge in [-0.2, -0.15) is 0 Å². The number of aromatic nitrogens is 2. The van der Waals surface area contributed by atoms with Gasteiger partial charge in [0.1, 0.15) is 11.6 Å². The molecular formula is C11H13N3. The Bertz CT molecular complexity index is 392. The van der Waals surface area contributed by atoms with Gasteiger partial charge >= 0.3 is 0 Å². The van der Waals surface area contributed by atoms with E-state index in [0.29, 0.717) is 5.82 Å². The van der Waals surface area contributed by atoms with Crippen molar-refractivity contribution >= 4 is 5.82 Å². The van der Waals surface area contributed by atoms with E-state index in [1.165, 1.54) is 5.56 Å². The summed E-state index contributed by atoms with van der Waals surface area (Å²) in [6, 6.07) is 10.4. The minimum Gasteiger partial charge on any atom is -0.384 e. The average Bonchev–Trinajstić information content (AvgIpc) is 2.63. The smallest absolute Gasteiger partial charge is 0.120 e. The number of nitrogens with zero attached hydrogens (tertiary/aromatic N) is 1. The second-order valence-electron chi connectivity index (χ2n) is 3.27. The Morgan fingerprint density at radius 1 is 1.14 bits per heavy atom. The minimum absolute atomic E-state index is 0.632. The maximum absolute atomic E-state index is 5.53. The third kappa shape index (κ3) is 2.13. The van der Waals surface area contributed by atoms with E-state index >= 15 is 0 Å². The van der Waals surface area contributed by atoms with Gasteiger partial charge in [0.15, 0.2) is 0 Å². The molecule has 1 heterocycles. The first-order valence-electron chi connectivity index (χ1n) is 4.68. The van der Waals surface area contributed by atoms with Crippen LogP contribution in [0.25, 0.3) is 0 Å². The number of aromatic amines is 1. The van der Waals surface area contributed by atoms with E-state index in [0.717, 1.165) is 18.7 Å². The van der Waals surface area contributed by atoms with Gasteiger partial charge in [-0.05, 0) is 12.0 Å². The lowest BCUT2D eigenvalue weighted by Crippen LogP contribution is -1.93. The standard InChI is InChI=1S/C11H13N3/c12-10-8-13-11(14-10)7-6-9-4-2-1-3-5-9/h1-5,8H,6-7,12H2,(H,13,14). The number of H-pyrrole nitrogens is 1. The van der Waals surface area contributed by atoms with Gasteiger partial charge in [0.05, 0.1) is 6.20 Å². The van der Waals surface area contributed by atoms with Crippen LogP contribution >= 0.6 is 0 Å². The van der Waals surface area contributed by atoms with Crippen molar-refractivity contribution in [3.63, 3.8) is 0 Å². The SMILES string of the molecule is Nc1cnc(CCc2ccccc2)[nH]1. The zero-order valence-corrected chi connectivity index (χ0v) is 7.90. The molecule has 3 nitrogen and oxygen atoms in total. The Morgan fingerprint density at radius 2 is 1.93 bits per heavy atom. The van der Waals surface area contributed by atoms with Crippen molar-refractivity contribution in [2.75, 3.05) is 5.73 Å². The van der Waals surface area contributed by atoms with Gasteiger partial charge in [0.25, 0.3) is 0 Å². The van der Waals surface area contributed by atoms with E-state index in [4.69, 9.17) is 5.73 Å². The summed E-state index contributed by atoms with van der Waals surface area (Å²) in [4.78, 5) is 7.16. The molecule has 1 aromatic carbocycles. The highest BCUT2D eigenvalue weighted by Gasteiger charge is 1.98. The van der Waals surface area contributed by atoms with E-state index in [2.05, 4.69) is 22.1 Å². The van der Waals surface area contributed by atoms with Crippen LogP contribution in [0, 0.1) is 0 Å². The number of benzene rings is 1. The summed E-state index contributed by atoms with van der Waals surface area (Å²) < 4.78 is 0. The predicted octanol–water partition coefficient (Wildman–Crippen LogP) is 1.78. The van der Waals surface area contributed by atoms with Crippen molar-refractivity contribution in [3.05, 3.63) is 47.9 Å². The van der Waals surface area contributed by atoms with E-state index in [1.54, 1.807) is 6.20 Å². The summed E-state index contributed by atoms with van der Waals surface area (Å²) >= 11 is 0. The maximum Gasteiger partial charge on any atom is 0.120 e. The molecule has 0 amide bonds. The molecule has 0 radical (unpaired) electrons. The van der Waals surface area contributed by atoms with Crippen molar-refractivity contribution in [3.8, 4) is 0 Å². The highest BCUT2D eigenvalue weighted by atomic mass is 15.0. The molecule has 3 heteroatoms. The maximum atomic E-state index is 5.53. The van der Waals surface area contributed by atoms with Gasteiger partial charge in [0, 0.05) is 6.42 Å². The predicted molar refractivity (Wildman–Crippen MR) is 56.9 cm³/mol. The van der Waals surface area contributed by atoms with Crippen molar-refractivity contribution < 1.29 is 0 Å². The van der Waals surface area contributed by atoms with Crippen LogP contribution in [0.15, 0.2) is 36.5 Å². The number of anilines is 1. The lowest BCUT2D eigenvalue weighted by Gasteiger charge is -1.97. The normalized spacial score (nSPS) is 10.3. The van der Waals surface area contributed by atoms with Gasteiger partial charge in [-0.3, -0.25) is 0 Å². The molecule has 0 aliphatic carbocycles. The number of nitrogen functional groups attached to an aromatic ring is 1. The average molecular weight is 187 g/mol. The lowest BCUT2D eigenvalue weighted by atomic mass is 10.1. The third-order valence-electron chi connectivity index (χ3n) is 2.14. The molecule has 1 aromatic heterocycles. The first-order valence-corrected chi connectivity index (χ1v) is 4.68. The minimum atomic E-state index is 0.632. The number of aryl methyl sites for hydroxylation is 2. The Balaban J connectivity index is 1.95. The number of nitrogens with two attached hydrogens (primary N) is 1. The van der Waals surface area contributed by atoms with Gasteiger partial charge in [0.2, 0.25) is 0 Å². The second-order valence-corrected chi connectivity index (χ2v) is 3.27. The molecule has 0 saturated carbocycles. The molecular weight excluding hydrogens is 174 g/mol. The van der Waals surface area contributed by atoms with Crippen molar-refractivity contribution in [2.45, 2.75) is 12.8 Å². The molecule has 72 valence electrons. The molecule has 2 aromatic rings. The van der Waals surface area contributed by atoms with Crippen LogP contribution in [0.4, 0.5) is 5.82 Å². The third-order valence-corrected chi connectivity index (χ3v) is 2.14. The first kappa shape index (κ1) is 8.81. The Kier molecular flexibility index (Phi) is 2.49. The summed E-state index contributed by atoms with van der Waals surface area (Å²) in [5.41, 5.74) is 6.85. The van der Waals surface area contributed by atoms with Crippen molar-refractivity contribution in [2.24, 2.45) is 0 Å². The zero-order chi connectivity index (χ0) is 9.80. The number of hydrogen-bond acceptors (Lipinski definition) is 2. The van der Waals surface area contributed by atoms with Crippen molar-refractivity contribution in [1.82, 2.24) is 9.97 Å². The number of rotatable bonds is 3. The van der Waals surface area contributed by atoms with Crippen molar-refractivity contribution in [1.29, 1.82) is 0 Å². The van der Waals surface area contributed by atoms with Crippen LogP contribution in [-0.2, 0) is 12.8 Å². The molecule has 0 bridgehead atoms. The van der Waals surface area contributed by atoms with Gasteiger partial charge in [-0.15, -0.1) is 0 Å². The Labute approximate surface area is 83.0 Å². The van der Waals surface area contributed by atoms with Crippen LogP contribution in [0.5, 0.6) is 0 Å². The second kappa shape index (κ2) is 3.96. The molecule has 0 saturated heterocycles. The number of imidazole rings is 1. The summed E-state index contributed by atoms with van der Waals surface area (Å²) in [5.74, 6) is 1.58. The number of hydrogen-bond donors (Lipinski definition) is 2. The molecule has 0 aliphatic heterocycles.